The van der Waals surface area contributed by atoms with Crippen molar-refractivity contribution in [3.63, 3.8) is 0 Å². The van der Waals surface area contributed by atoms with E-state index in [2.05, 4.69) is 231 Å². The van der Waals surface area contributed by atoms with Gasteiger partial charge in [0.1, 0.15) is 0 Å². The third-order valence-corrected chi connectivity index (χ3v) is 11.6. The van der Waals surface area contributed by atoms with Crippen LogP contribution in [-0.4, -0.2) is 9.97 Å². The van der Waals surface area contributed by atoms with E-state index in [1.807, 2.05) is 24.3 Å². The van der Waals surface area contributed by atoms with Crippen LogP contribution >= 0.6 is 0 Å². The van der Waals surface area contributed by atoms with Crippen LogP contribution in [0.2, 0.25) is 0 Å². The second kappa shape index (κ2) is 16.7. The number of nitrogens with zero attached hydrogens (tertiary/aromatic N) is 2. The van der Waals surface area contributed by atoms with E-state index in [4.69, 9.17) is 9.97 Å². The summed E-state index contributed by atoms with van der Waals surface area (Å²) in [6.45, 7) is 0. The summed E-state index contributed by atoms with van der Waals surface area (Å²) in [5.74, 6) is 0. The standard InChI is InChI=1S/C59H42N2/c1-7-19-45(20-8-1)55-39-49(40-56(60-55)46-21-9-2-10-22-46)43-31-35-53(36-32-43)59(51-27-15-5-16-28-51,52-29-17-6-18-30-52)54-37-33-44(34-38-54)50-41-57(47-23-11-3-12-24-47)61-58(42-50)48-25-13-4-14-26-48/h1-42H. The summed E-state index contributed by atoms with van der Waals surface area (Å²) in [7, 11) is 0. The van der Waals surface area contributed by atoms with Gasteiger partial charge in [-0.15, -0.1) is 0 Å². The number of hydrogen-bond donors (Lipinski definition) is 0. The summed E-state index contributed by atoms with van der Waals surface area (Å²) in [6, 6.07) is 90.8. The fraction of sp³-hybridized carbons (Fsp3) is 0.0169. The maximum Gasteiger partial charge on any atom is 0.0715 e. The lowest BCUT2D eigenvalue weighted by molar-refractivity contribution is 0.745. The van der Waals surface area contributed by atoms with Gasteiger partial charge in [-0.3, -0.25) is 0 Å². The predicted molar refractivity (Wildman–Crippen MR) is 253 cm³/mol. The first-order chi connectivity index (χ1) is 30.2. The summed E-state index contributed by atoms with van der Waals surface area (Å²) < 4.78 is 0. The van der Waals surface area contributed by atoms with Crippen LogP contribution in [0.1, 0.15) is 22.3 Å². The Balaban J connectivity index is 1.11. The van der Waals surface area contributed by atoms with Crippen LogP contribution in [0.25, 0.3) is 67.3 Å². The van der Waals surface area contributed by atoms with Crippen molar-refractivity contribution in [1.82, 2.24) is 9.97 Å². The highest BCUT2D eigenvalue weighted by Crippen LogP contribution is 2.46. The summed E-state index contributed by atoms with van der Waals surface area (Å²) in [5.41, 5.74) is 16.8. The Kier molecular flexibility index (Phi) is 10.2. The molecule has 0 spiro atoms. The highest BCUT2D eigenvalue weighted by atomic mass is 14.7. The Hall–Kier alpha value is -7.94. The van der Waals surface area contributed by atoms with Crippen LogP contribution < -0.4 is 0 Å². The Bertz CT molecular complexity index is 2680. The molecule has 2 heteroatoms. The van der Waals surface area contributed by atoms with Gasteiger partial charge in [0.05, 0.1) is 28.2 Å². The molecule has 0 saturated carbocycles. The first-order valence-electron chi connectivity index (χ1n) is 20.8. The van der Waals surface area contributed by atoms with Crippen LogP contribution in [0, 0.1) is 0 Å². The van der Waals surface area contributed by atoms with Gasteiger partial charge in [0.15, 0.2) is 0 Å². The van der Waals surface area contributed by atoms with E-state index >= 15 is 0 Å². The summed E-state index contributed by atoms with van der Waals surface area (Å²) in [6.07, 6.45) is 0. The van der Waals surface area contributed by atoms with Gasteiger partial charge < -0.3 is 0 Å². The topological polar surface area (TPSA) is 25.8 Å². The molecule has 2 heterocycles. The highest BCUT2D eigenvalue weighted by Gasteiger charge is 2.38. The quantitative estimate of drug-likeness (QED) is 0.129. The molecule has 8 aromatic carbocycles. The van der Waals surface area contributed by atoms with Gasteiger partial charge >= 0.3 is 0 Å². The lowest BCUT2D eigenvalue weighted by Crippen LogP contribution is -2.31. The van der Waals surface area contributed by atoms with Gasteiger partial charge in [0.2, 0.25) is 0 Å². The third-order valence-electron chi connectivity index (χ3n) is 11.6. The molecular formula is C59H42N2. The second-order valence-electron chi connectivity index (χ2n) is 15.4. The van der Waals surface area contributed by atoms with Crippen LogP contribution in [0.4, 0.5) is 0 Å². The second-order valence-corrected chi connectivity index (χ2v) is 15.4. The zero-order valence-electron chi connectivity index (χ0n) is 33.6. The molecule has 10 aromatic rings. The summed E-state index contributed by atoms with van der Waals surface area (Å²) in [5, 5.41) is 0. The zero-order chi connectivity index (χ0) is 40.9. The maximum absolute atomic E-state index is 5.14. The monoisotopic (exact) mass is 778 g/mol. The Morgan fingerprint density at radius 2 is 0.426 bits per heavy atom. The third kappa shape index (κ3) is 7.48. The first kappa shape index (κ1) is 37.3. The maximum atomic E-state index is 5.14. The molecule has 2 nitrogen and oxygen atoms in total. The molecular weight excluding hydrogens is 737 g/mol. The summed E-state index contributed by atoms with van der Waals surface area (Å²) >= 11 is 0. The molecule has 0 radical (unpaired) electrons. The molecule has 0 aliphatic rings. The van der Waals surface area contributed by atoms with Crippen molar-refractivity contribution in [2.24, 2.45) is 0 Å². The predicted octanol–water partition coefficient (Wildman–Crippen LogP) is 14.9. The molecule has 288 valence electrons. The molecule has 61 heavy (non-hydrogen) atoms. The minimum absolute atomic E-state index is 0.606. The Morgan fingerprint density at radius 3 is 0.689 bits per heavy atom. The van der Waals surface area contributed by atoms with Crippen molar-refractivity contribution in [3.05, 3.63) is 277 Å². The lowest BCUT2D eigenvalue weighted by atomic mass is 9.65. The van der Waals surface area contributed by atoms with Gasteiger partial charge in [-0.05, 0) is 68.8 Å². The molecule has 0 fully saturated rings. The molecule has 0 saturated heterocycles. The number of rotatable bonds is 10. The van der Waals surface area contributed by atoms with Crippen molar-refractivity contribution >= 4 is 0 Å². The first-order valence-corrected chi connectivity index (χ1v) is 20.8. The van der Waals surface area contributed by atoms with Gasteiger partial charge in [-0.25, -0.2) is 9.97 Å². The lowest BCUT2D eigenvalue weighted by Gasteiger charge is -2.37. The minimum atomic E-state index is -0.606. The SMILES string of the molecule is c1ccc(-c2cc(-c3ccc(C(c4ccccc4)(c4ccccc4)c4ccc(-c5cc(-c6ccccc6)nc(-c6ccccc6)c5)cc4)cc3)cc(-c3ccccc3)n2)cc1. The van der Waals surface area contributed by atoms with Crippen molar-refractivity contribution in [2.75, 3.05) is 0 Å². The minimum Gasteiger partial charge on any atom is -0.248 e. The Morgan fingerprint density at radius 1 is 0.197 bits per heavy atom. The van der Waals surface area contributed by atoms with Crippen molar-refractivity contribution < 1.29 is 0 Å². The molecule has 0 unspecified atom stereocenters. The van der Waals surface area contributed by atoms with Crippen molar-refractivity contribution in [1.29, 1.82) is 0 Å². The number of hydrogen-bond acceptors (Lipinski definition) is 2. The molecule has 10 rings (SSSR count). The highest BCUT2D eigenvalue weighted by molar-refractivity contribution is 5.79. The zero-order valence-corrected chi connectivity index (χ0v) is 33.6. The van der Waals surface area contributed by atoms with E-state index < -0.39 is 5.41 Å². The van der Waals surface area contributed by atoms with E-state index in [0.29, 0.717) is 0 Å². The summed E-state index contributed by atoms with van der Waals surface area (Å²) in [4.78, 5) is 10.3. The van der Waals surface area contributed by atoms with E-state index in [9.17, 15) is 0 Å². The van der Waals surface area contributed by atoms with Crippen LogP contribution in [-0.2, 0) is 5.41 Å². The van der Waals surface area contributed by atoms with Gasteiger partial charge in [-0.1, -0.05) is 231 Å². The van der Waals surface area contributed by atoms with E-state index in [0.717, 1.165) is 67.3 Å². The molecule has 0 aliphatic heterocycles. The van der Waals surface area contributed by atoms with Crippen molar-refractivity contribution in [3.8, 4) is 67.3 Å². The van der Waals surface area contributed by atoms with Gasteiger partial charge in [0.25, 0.3) is 0 Å². The van der Waals surface area contributed by atoms with Gasteiger partial charge in [0, 0.05) is 22.3 Å². The fourth-order valence-electron chi connectivity index (χ4n) is 8.62. The van der Waals surface area contributed by atoms with E-state index in [1.54, 1.807) is 0 Å². The smallest absolute Gasteiger partial charge is 0.0715 e. The molecule has 0 N–H and O–H groups in total. The number of aromatic nitrogens is 2. The van der Waals surface area contributed by atoms with Crippen LogP contribution in [0.5, 0.6) is 0 Å². The number of pyridine rings is 2. The van der Waals surface area contributed by atoms with Gasteiger partial charge in [-0.2, -0.15) is 0 Å². The average Bonchev–Trinajstić information content (AvgIpc) is 3.36. The average molecular weight is 779 g/mol. The molecule has 2 aromatic heterocycles. The van der Waals surface area contributed by atoms with E-state index in [-0.39, 0.29) is 0 Å². The molecule has 0 aliphatic carbocycles. The van der Waals surface area contributed by atoms with E-state index in [1.165, 1.54) is 22.3 Å². The van der Waals surface area contributed by atoms with Crippen LogP contribution in [0.3, 0.4) is 0 Å². The van der Waals surface area contributed by atoms with Crippen LogP contribution in [0.15, 0.2) is 255 Å². The fourth-order valence-corrected chi connectivity index (χ4v) is 8.62. The largest absolute Gasteiger partial charge is 0.248 e. The molecule has 0 bridgehead atoms. The molecule has 0 atom stereocenters. The normalized spacial score (nSPS) is 11.3. The molecule has 0 amide bonds. The Labute approximate surface area is 358 Å². The van der Waals surface area contributed by atoms with Crippen molar-refractivity contribution in [2.45, 2.75) is 5.41 Å². The number of benzene rings is 8.